The molecule has 23 heavy (non-hydrogen) atoms. The average Bonchev–Trinajstić information content (AvgIpc) is 3.21. The molecule has 2 aliphatic rings. The predicted molar refractivity (Wildman–Crippen MR) is 85.2 cm³/mol. The van der Waals surface area contributed by atoms with Gasteiger partial charge in [0, 0.05) is 37.0 Å². The van der Waals surface area contributed by atoms with Gasteiger partial charge in [-0.15, -0.1) is 0 Å². The lowest BCUT2D eigenvalue weighted by Crippen LogP contribution is -2.32. The van der Waals surface area contributed by atoms with Gasteiger partial charge in [-0.25, -0.2) is 4.98 Å². The Labute approximate surface area is 134 Å². The van der Waals surface area contributed by atoms with Gasteiger partial charge in [0.2, 0.25) is 0 Å². The number of rotatable bonds is 4. The summed E-state index contributed by atoms with van der Waals surface area (Å²) in [4.78, 5) is 29.1. The summed E-state index contributed by atoms with van der Waals surface area (Å²) in [7, 11) is 1.95. The number of imidazole rings is 1. The Kier molecular flexibility index (Phi) is 3.29. The third-order valence-corrected chi connectivity index (χ3v) is 4.84. The standard InChI is InChI=1S/C18H19N3O2/c1-21-10-9-19-17(21)16(11-5-6-11)20-18(23)14-4-2-3-13-12(14)7-8-15(13)22/h2-4,9-11,16H,5-8H2,1H3,(H,20,23). The van der Waals surface area contributed by atoms with Crippen LogP contribution in [0.4, 0.5) is 0 Å². The first-order valence-electron chi connectivity index (χ1n) is 8.08. The summed E-state index contributed by atoms with van der Waals surface area (Å²) >= 11 is 0. The smallest absolute Gasteiger partial charge is 0.252 e. The van der Waals surface area contributed by atoms with Crippen molar-refractivity contribution in [2.75, 3.05) is 0 Å². The summed E-state index contributed by atoms with van der Waals surface area (Å²) in [6.07, 6.45) is 7.05. The first-order valence-corrected chi connectivity index (χ1v) is 8.08. The summed E-state index contributed by atoms with van der Waals surface area (Å²) in [6, 6.07) is 5.37. The first-order chi connectivity index (χ1) is 11.1. The van der Waals surface area contributed by atoms with Crippen LogP contribution >= 0.6 is 0 Å². The number of nitrogens with one attached hydrogen (secondary N) is 1. The monoisotopic (exact) mass is 309 g/mol. The molecule has 1 atom stereocenters. The van der Waals surface area contributed by atoms with Crippen molar-refractivity contribution in [2.45, 2.75) is 31.7 Å². The van der Waals surface area contributed by atoms with E-state index in [1.807, 2.05) is 29.9 Å². The molecule has 1 fully saturated rings. The van der Waals surface area contributed by atoms with Gasteiger partial charge in [-0.2, -0.15) is 0 Å². The van der Waals surface area contributed by atoms with Gasteiger partial charge in [-0.05, 0) is 36.8 Å². The van der Waals surface area contributed by atoms with Gasteiger partial charge in [0.25, 0.3) is 5.91 Å². The molecule has 5 nitrogen and oxygen atoms in total. The second kappa shape index (κ2) is 5.33. The summed E-state index contributed by atoms with van der Waals surface area (Å²) in [5, 5.41) is 3.15. The quantitative estimate of drug-likeness (QED) is 0.943. The number of amides is 1. The van der Waals surface area contributed by atoms with E-state index in [1.54, 1.807) is 12.3 Å². The molecule has 5 heteroatoms. The van der Waals surface area contributed by atoms with Crippen molar-refractivity contribution in [2.24, 2.45) is 13.0 Å². The Bertz CT molecular complexity index is 789. The second-order valence-corrected chi connectivity index (χ2v) is 6.44. The fraction of sp³-hybridized carbons (Fsp3) is 0.389. The van der Waals surface area contributed by atoms with Crippen molar-refractivity contribution in [3.63, 3.8) is 0 Å². The fourth-order valence-corrected chi connectivity index (χ4v) is 3.42. The van der Waals surface area contributed by atoms with Crippen LogP contribution in [0.1, 0.15) is 57.4 Å². The molecule has 1 unspecified atom stereocenters. The minimum Gasteiger partial charge on any atom is -0.342 e. The average molecular weight is 309 g/mol. The lowest BCUT2D eigenvalue weighted by molar-refractivity contribution is 0.0927. The minimum atomic E-state index is -0.101. The normalized spacial score (nSPS) is 17.9. The van der Waals surface area contributed by atoms with E-state index in [4.69, 9.17) is 0 Å². The Morgan fingerprint density at radius 3 is 2.87 bits per heavy atom. The van der Waals surface area contributed by atoms with Crippen molar-refractivity contribution in [1.29, 1.82) is 0 Å². The molecule has 1 saturated carbocycles. The van der Waals surface area contributed by atoms with Crippen molar-refractivity contribution in [3.05, 3.63) is 53.1 Å². The number of aryl methyl sites for hydroxylation is 1. The lowest BCUT2D eigenvalue weighted by atomic mass is 10.0. The molecular formula is C18H19N3O2. The molecule has 0 saturated heterocycles. The topological polar surface area (TPSA) is 64.0 Å². The summed E-state index contributed by atoms with van der Waals surface area (Å²) in [6.45, 7) is 0. The number of ketones is 1. The zero-order valence-corrected chi connectivity index (χ0v) is 13.1. The SMILES string of the molecule is Cn1ccnc1C(NC(=O)c1cccc2c1CCC2=O)C1CC1. The van der Waals surface area contributed by atoms with E-state index in [0.29, 0.717) is 29.9 Å². The Morgan fingerprint density at radius 1 is 1.35 bits per heavy atom. The molecule has 4 rings (SSSR count). The van der Waals surface area contributed by atoms with Crippen molar-refractivity contribution >= 4 is 11.7 Å². The van der Waals surface area contributed by atoms with Gasteiger partial charge >= 0.3 is 0 Å². The molecule has 1 N–H and O–H groups in total. The minimum absolute atomic E-state index is 0.0598. The van der Waals surface area contributed by atoms with Gasteiger partial charge in [-0.3, -0.25) is 9.59 Å². The number of carbonyl (C=O) groups excluding carboxylic acids is 2. The molecule has 0 bridgehead atoms. The number of Topliss-reactive ketones (excluding diaryl/α,β-unsaturated/α-hetero) is 1. The van der Waals surface area contributed by atoms with E-state index in [0.717, 1.165) is 24.2 Å². The number of fused-ring (bicyclic) bond motifs is 1. The van der Waals surface area contributed by atoms with Crippen LogP contribution in [0.3, 0.4) is 0 Å². The molecule has 1 aromatic carbocycles. The molecule has 2 aliphatic carbocycles. The highest BCUT2D eigenvalue weighted by Crippen LogP contribution is 2.40. The second-order valence-electron chi connectivity index (χ2n) is 6.44. The van der Waals surface area contributed by atoms with Gasteiger partial charge in [0.05, 0.1) is 6.04 Å². The molecule has 2 aromatic rings. The van der Waals surface area contributed by atoms with Crippen LogP contribution in [0.5, 0.6) is 0 Å². The summed E-state index contributed by atoms with van der Waals surface area (Å²) in [5.41, 5.74) is 2.23. The maximum Gasteiger partial charge on any atom is 0.252 e. The number of benzene rings is 1. The van der Waals surface area contributed by atoms with Crippen LogP contribution in [-0.2, 0) is 13.5 Å². The van der Waals surface area contributed by atoms with E-state index in [2.05, 4.69) is 10.3 Å². The van der Waals surface area contributed by atoms with Crippen LogP contribution < -0.4 is 5.32 Å². The van der Waals surface area contributed by atoms with E-state index >= 15 is 0 Å². The zero-order chi connectivity index (χ0) is 16.0. The van der Waals surface area contributed by atoms with E-state index in [1.165, 1.54) is 0 Å². The zero-order valence-electron chi connectivity index (χ0n) is 13.1. The molecule has 118 valence electrons. The highest BCUT2D eigenvalue weighted by Gasteiger charge is 2.36. The summed E-state index contributed by atoms with van der Waals surface area (Å²) in [5.74, 6) is 1.39. The molecule has 1 amide bonds. The van der Waals surface area contributed by atoms with E-state index in [9.17, 15) is 9.59 Å². The number of hydrogen-bond acceptors (Lipinski definition) is 3. The van der Waals surface area contributed by atoms with Crippen molar-refractivity contribution in [1.82, 2.24) is 14.9 Å². The van der Waals surface area contributed by atoms with Crippen LogP contribution in [0.2, 0.25) is 0 Å². The maximum absolute atomic E-state index is 12.8. The largest absolute Gasteiger partial charge is 0.342 e. The van der Waals surface area contributed by atoms with E-state index < -0.39 is 0 Å². The summed E-state index contributed by atoms with van der Waals surface area (Å²) < 4.78 is 1.96. The van der Waals surface area contributed by atoms with Crippen LogP contribution in [0.15, 0.2) is 30.6 Å². The van der Waals surface area contributed by atoms with Crippen LogP contribution in [0.25, 0.3) is 0 Å². The van der Waals surface area contributed by atoms with E-state index in [-0.39, 0.29) is 17.7 Å². The Balaban J connectivity index is 1.63. The van der Waals surface area contributed by atoms with Gasteiger partial charge in [0.1, 0.15) is 5.82 Å². The maximum atomic E-state index is 12.8. The first kappa shape index (κ1) is 14.2. The molecule has 0 aliphatic heterocycles. The van der Waals surface area contributed by atoms with Gasteiger partial charge in [-0.1, -0.05) is 12.1 Å². The Morgan fingerprint density at radius 2 is 2.17 bits per heavy atom. The Hall–Kier alpha value is -2.43. The third-order valence-electron chi connectivity index (χ3n) is 4.84. The number of nitrogens with zero attached hydrogens (tertiary/aromatic N) is 2. The highest BCUT2D eigenvalue weighted by atomic mass is 16.2. The highest BCUT2D eigenvalue weighted by molar-refractivity contribution is 6.05. The molecule has 0 radical (unpaired) electrons. The van der Waals surface area contributed by atoms with Gasteiger partial charge in [0.15, 0.2) is 5.78 Å². The fourth-order valence-electron chi connectivity index (χ4n) is 3.42. The van der Waals surface area contributed by atoms with Crippen molar-refractivity contribution < 1.29 is 9.59 Å². The van der Waals surface area contributed by atoms with Gasteiger partial charge < -0.3 is 9.88 Å². The molecule has 0 spiro atoms. The number of aromatic nitrogens is 2. The molecular weight excluding hydrogens is 290 g/mol. The van der Waals surface area contributed by atoms with Crippen molar-refractivity contribution in [3.8, 4) is 0 Å². The number of hydrogen-bond donors (Lipinski definition) is 1. The third kappa shape index (κ3) is 2.46. The predicted octanol–water partition coefficient (Wildman–Crippen LogP) is 2.43. The number of carbonyl (C=O) groups is 2. The lowest BCUT2D eigenvalue weighted by Gasteiger charge is -2.19. The molecule has 1 aromatic heterocycles. The molecule has 1 heterocycles. The van der Waals surface area contributed by atoms with Crippen LogP contribution in [0, 0.1) is 5.92 Å². The van der Waals surface area contributed by atoms with Crippen LogP contribution in [-0.4, -0.2) is 21.2 Å².